The molecule has 2 unspecified atom stereocenters. The smallest absolute Gasteiger partial charge is 0.124 e. The summed E-state index contributed by atoms with van der Waals surface area (Å²) in [6.07, 6.45) is 0.301. The predicted molar refractivity (Wildman–Crippen MR) is 55.7 cm³/mol. The van der Waals surface area contributed by atoms with Crippen molar-refractivity contribution in [3.63, 3.8) is 0 Å². The highest BCUT2D eigenvalue weighted by Gasteiger charge is 2.25. The van der Waals surface area contributed by atoms with Gasteiger partial charge >= 0.3 is 0 Å². The lowest BCUT2D eigenvalue weighted by molar-refractivity contribution is 0.0228. The first-order chi connectivity index (χ1) is 6.74. The quantitative estimate of drug-likeness (QED) is 0.681. The van der Waals surface area contributed by atoms with Gasteiger partial charge in [-0.2, -0.15) is 0 Å². The predicted octanol–water partition coefficient (Wildman–Crippen LogP) is 2.72. The zero-order valence-corrected chi connectivity index (χ0v) is 8.91. The standard InChI is InChI=1S/C12H16O2/c1-8-9(2)14-7-11-10(8)5-4-6-12(11)13-3/h4-6,8-9H,7H2,1-3H3. The lowest BCUT2D eigenvalue weighted by Crippen LogP contribution is -2.23. The fourth-order valence-corrected chi connectivity index (χ4v) is 1.97. The fraction of sp³-hybridized carbons (Fsp3) is 0.500. The van der Waals surface area contributed by atoms with Crippen LogP contribution in [0, 0.1) is 0 Å². The molecule has 0 N–H and O–H groups in total. The molecule has 2 atom stereocenters. The van der Waals surface area contributed by atoms with E-state index in [1.54, 1.807) is 7.11 Å². The van der Waals surface area contributed by atoms with Crippen LogP contribution in [-0.4, -0.2) is 13.2 Å². The van der Waals surface area contributed by atoms with Gasteiger partial charge < -0.3 is 9.47 Å². The topological polar surface area (TPSA) is 18.5 Å². The van der Waals surface area contributed by atoms with E-state index in [0.29, 0.717) is 18.6 Å². The first kappa shape index (κ1) is 9.53. The van der Waals surface area contributed by atoms with Crippen molar-refractivity contribution in [2.75, 3.05) is 7.11 Å². The van der Waals surface area contributed by atoms with Crippen molar-refractivity contribution < 1.29 is 9.47 Å². The number of methoxy groups -OCH3 is 1. The second kappa shape index (κ2) is 3.62. The zero-order chi connectivity index (χ0) is 10.1. The third-order valence-corrected chi connectivity index (χ3v) is 3.07. The molecule has 2 heteroatoms. The van der Waals surface area contributed by atoms with Crippen LogP contribution in [0.4, 0.5) is 0 Å². The van der Waals surface area contributed by atoms with Gasteiger partial charge in [0.1, 0.15) is 5.75 Å². The highest BCUT2D eigenvalue weighted by atomic mass is 16.5. The summed E-state index contributed by atoms with van der Waals surface area (Å²) < 4.78 is 11.0. The maximum absolute atomic E-state index is 5.68. The molecule has 14 heavy (non-hydrogen) atoms. The van der Waals surface area contributed by atoms with Gasteiger partial charge in [-0.25, -0.2) is 0 Å². The molecule has 2 nitrogen and oxygen atoms in total. The molecule has 1 aromatic rings. The van der Waals surface area contributed by atoms with E-state index in [0.717, 1.165) is 5.75 Å². The van der Waals surface area contributed by atoms with Crippen LogP contribution >= 0.6 is 0 Å². The van der Waals surface area contributed by atoms with Gasteiger partial charge in [-0.3, -0.25) is 0 Å². The number of benzene rings is 1. The summed E-state index contributed by atoms with van der Waals surface area (Å²) in [5, 5.41) is 0. The monoisotopic (exact) mass is 192 g/mol. The Kier molecular flexibility index (Phi) is 2.46. The first-order valence-electron chi connectivity index (χ1n) is 5.01. The van der Waals surface area contributed by atoms with Crippen molar-refractivity contribution in [1.29, 1.82) is 0 Å². The molecule has 0 radical (unpaired) electrons. The van der Waals surface area contributed by atoms with Gasteiger partial charge in [0, 0.05) is 11.5 Å². The first-order valence-corrected chi connectivity index (χ1v) is 5.01. The van der Waals surface area contributed by atoms with Gasteiger partial charge in [-0.05, 0) is 18.6 Å². The Hall–Kier alpha value is -1.02. The Bertz CT molecular complexity index is 333. The molecule has 76 valence electrons. The van der Waals surface area contributed by atoms with E-state index in [2.05, 4.69) is 19.9 Å². The minimum absolute atomic E-state index is 0.301. The van der Waals surface area contributed by atoms with Crippen LogP contribution in [0.5, 0.6) is 5.75 Å². The zero-order valence-electron chi connectivity index (χ0n) is 8.91. The number of hydrogen-bond donors (Lipinski definition) is 0. The highest BCUT2D eigenvalue weighted by molar-refractivity contribution is 5.42. The molecule has 2 rings (SSSR count). The molecule has 1 aromatic carbocycles. The summed E-state index contributed by atoms with van der Waals surface area (Å²) in [4.78, 5) is 0. The van der Waals surface area contributed by atoms with Crippen molar-refractivity contribution in [2.45, 2.75) is 32.5 Å². The van der Waals surface area contributed by atoms with Gasteiger partial charge in [-0.15, -0.1) is 0 Å². The van der Waals surface area contributed by atoms with Crippen LogP contribution in [0.2, 0.25) is 0 Å². The molecular weight excluding hydrogens is 176 g/mol. The molecule has 1 aliphatic heterocycles. The second-order valence-electron chi connectivity index (χ2n) is 3.83. The highest BCUT2D eigenvalue weighted by Crippen LogP contribution is 2.35. The Balaban J connectivity index is 2.47. The van der Waals surface area contributed by atoms with E-state index in [9.17, 15) is 0 Å². The number of rotatable bonds is 1. The molecule has 0 saturated carbocycles. The summed E-state index contributed by atoms with van der Waals surface area (Å²) >= 11 is 0. The molecule has 0 saturated heterocycles. The molecule has 0 amide bonds. The Labute approximate surface area is 84.8 Å². The van der Waals surface area contributed by atoms with Crippen molar-refractivity contribution in [1.82, 2.24) is 0 Å². The largest absolute Gasteiger partial charge is 0.496 e. The molecule has 0 aliphatic carbocycles. The van der Waals surface area contributed by atoms with Crippen molar-refractivity contribution in [3.05, 3.63) is 29.3 Å². The van der Waals surface area contributed by atoms with Gasteiger partial charge in [0.15, 0.2) is 0 Å². The normalized spacial score (nSPS) is 25.6. The van der Waals surface area contributed by atoms with E-state index in [1.165, 1.54) is 11.1 Å². The number of hydrogen-bond acceptors (Lipinski definition) is 2. The number of fused-ring (bicyclic) bond motifs is 1. The SMILES string of the molecule is COc1cccc2c1COC(C)C2C. The van der Waals surface area contributed by atoms with Gasteiger partial charge in [-0.1, -0.05) is 19.1 Å². The van der Waals surface area contributed by atoms with E-state index >= 15 is 0 Å². The van der Waals surface area contributed by atoms with Gasteiger partial charge in [0.25, 0.3) is 0 Å². The maximum Gasteiger partial charge on any atom is 0.124 e. The summed E-state index contributed by atoms with van der Waals surface area (Å²) in [6, 6.07) is 6.21. The van der Waals surface area contributed by atoms with Crippen LogP contribution in [0.25, 0.3) is 0 Å². The van der Waals surface area contributed by atoms with E-state index in [4.69, 9.17) is 9.47 Å². The van der Waals surface area contributed by atoms with E-state index in [-0.39, 0.29) is 0 Å². The molecule has 0 spiro atoms. The summed E-state index contributed by atoms with van der Waals surface area (Å²) in [5.74, 6) is 1.40. The summed E-state index contributed by atoms with van der Waals surface area (Å²) in [5.41, 5.74) is 2.57. The molecule has 0 aromatic heterocycles. The lowest BCUT2D eigenvalue weighted by atomic mass is 9.89. The third kappa shape index (κ3) is 1.40. The van der Waals surface area contributed by atoms with Crippen LogP contribution in [0.3, 0.4) is 0 Å². The van der Waals surface area contributed by atoms with Gasteiger partial charge in [0.05, 0.1) is 19.8 Å². The minimum atomic E-state index is 0.301. The Morgan fingerprint density at radius 2 is 2.14 bits per heavy atom. The van der Waals surface area contributed by atoms with Crippen molar-refractivity contribution in [3.8, 4) is 5.75 Å². The van der Waals surface area contributed by atoms with Gasteiger partial charge in [0.2, 0.25) is 0 Å². The third-order valence-electron chi connectivity index (χ3n) is 3.07. The van der Waals surface area contributed by atoms with Crippen molar-refractivity contribution in [2.24, 2.45) is 0 Å². The average molecular weight is 192 g/mol. The fourth-order valence-electron chi connectivity index (χ4n) is 1.97. The number of ether oxygens (including phenoxy) is 2. The van der Waals surface area contributed by atoms with Crippen LogP contribution in [0.1, 0.15) is 30.9 Å². The van der Waals surface area contributed by atoms with Crippen LogP contribution in [0.15, 0.2) is 18.2 Å². The molecular formula is C12H16O2. The van der Waals surface area contributed by atoms with E-state index in [1.807, 2.05) is 12.1 Å². The average Bonchev–Trinajstić information content (AvgIpc) is 2.23. The lowest BCUT2D eigenvalue weighted by Gasteiger charge is -2.29. The maximum atomic E-state index is 5.68. The molecule has 0 bridgehead atoms. The summed E-state index contributed by atoms with van der Waals surface area (Å²) in [7, 11) is 1.71. The molecule has 0 fully saturated rings. The molecule has 1 aliphatic rings. The molecule has 1 heterocycles. The van der Waals surface area contributed by atoms with Crippen LogP contribution < -0.4 is 4.74 Å². The minimum Gasteiger partial charge on any atom is -0.496 e. The second-order valence-corrected chi connectivity index (χ2v) is 3.83. The Morgan fingerprint density at radius 1 is 1.36 bits per heavy atom. The Morgan fingerprint density at radius 3 is 2.86 bits per heavy atom. The van der Waals surface area contributed by atoms with E-state index < -0.39 is 0 Å². The van der Waals surface area contributed by atoms with Crippen molar-refractivity contribution >= 4 is 0 Å². The van der Waals surface area contributed by atoms with Crippen LogP contribution in [-0.2, 0) is 11.3 Å². The summed E-state index contributed by atoms with van der Waals surface area (Å²) in [6.45, 7) is 4.99.